The standard InChI is InChI=1S/C18H10F4N4O2/c19-11-7-12(20)16(22)17(15(11)21)26-14(27)5-4-13(25-26)18(28)24-10-3-1-2-9(6-10)8-23/h1-3,6-7H,4-5H2,(H,24,28). The highest BCUT2D eigenvalue weighted by atomic mass is 19.2. The smallest absolute Gasteiger partial charge is 0.271 e. The molecule has 28 heavy (non-hydrogen) atoms. The highest BCUT2D eigenvalue weighted by molar-refractivity contribution is 6.44. The molecule has 1 aliphatic heterocycles. The van der Waals surface area contributed by atoms with Crippen LogP contribution in [0.15, 0.2) is 35.4 Å². The molecule has 0 saturated carbocycles. The van der Waals surface area contributed by atoms with Gasteiger partial charge in [-0.05, 0) is 18.2 Å². The van der Waals surface area contributed by atoms with Crippen LogP contribution in [0.25, 0.3) is 0 Å². The number of halogens is 4. The molecular weight excluding hydrogens is 380 g/mol. The van der Waals surface area contributed by atoms with Gasteiger partial charge >= 0.3 is 0 Å². The summed E-state index contributed by atoms with van der Waals surface area (Å²) in [7, 11) is 0. The normalized spacial score (nSPS) is 13.8. The van der Waals surface area contributed by atoms with Gasteiger partial charge in [0, 0.05) is 24.6 Å². The molecular formula is C18H10F4N4O2. The summed E-state index contributed by atoms with van der Waals surface area (Å²) in [5.41, 5.74) is -1.09. The van der Waals surface area contributed by atoms with Crippen molar-refractivity contribution >= 4 is 28.9 Å². The zero-order chi connectivity index (χ0) is 20.4. The van der Waals surface area contributed by atoms with E-state index in [2.05, 4.69) is 10.4 Å². The van der Waals surface area contributed by atoms with Crippen LogP contribution in [0.3, 0.4) is 0 Å². The van der Waals surface area contributed by atoms with Crippen molar-refractivity contribution in [2.45, 2.75) is 12.8 Å². The molecule has 2 amide bonds. The number of nitriles is 1. The summed E-state index contributed by atoms with van der Waals surface area (Å²) in [6, 6.07) is 7.80. The number of hydrazone groups is 1. The van der Waals surface area contributed by atoms with Crippen molar-refractivity contribution in [3.63, 3.8) is 0 Å². The average molecular weight is 390 g/mol. The topological polar surface area (TPSA) is 85.6 Å². The summed E-state index contributed by atoms with van der Waals surface area (Å²) in [5, 5.41) is 15.0. The number of amides is 2. The zero-order valence-corrected chi connectivity index (χ0v) is 14.0. The van der Waals surface area contributed by atoms with Gasteiger partial charge in [0.15, 0.2) is 23.3 Å². The van der Waals surface area contributed by atoms with Crippen LogP contribution < -0.4 is 10.3 Å². The Kier molecular flexibility index (Phi) is 5.08. The molecule has 10 heteroatoms. The molecule has 0 saturated heterocycles. The second-order valence-corrected chi connectivity index (χ2v) is 5.72. The highest BCUT2D eigenvalue weighted by Gasteiger charge is 2.32. The largest absolute Gasteiger partial charge is 0.321 e. The number of rotatable bonds is 3. The Morgan fingerprint density at radius 2 is 1.79 bits per heavy atom. The SMILES string of the molecule is N#Cc1cccc(NC(=O)C2=NN(c3c(F)c(F)cc(F)c3F)C(=O)CC2)c1. The molecule has 1 N–H and O–H groups in total. The lowest BCUT2D eigenvalue weighted by molar-refractivity contribution is -0.118. The molecule has 0 bridgehead atoms. The number of carbonyl (C=O) groups excluding carboxylic acids is 2. The second-order valence-electron chi connectivity index (χ2n) is 5.72. The first-order chi connectivity index (χ1) is 13.3. The van der Waals surface area contributed by atoms with Crippen LogP contribution in [0, 0.1) is 34.6 Å². The minimum absolute atomic E-state index is 0.00209. The Morgan fingerprint density at radius 1 is 1.11 bits per heavy atom. The van der Waals surface area contributed by atoms with E-state index >= 15 is 0 Å². The van der Waals surface area contributed by atoms with Crippen LogP contribution in [-0.2, 0) is 9.59 Å². The third kappa shape index (κ3) is 3.55. The van der Waals surface area contributed by atoms with Crippen LogP contribution in [0.2, 0.25) is 0 Å². The predicted molar refractivity (Wildman–Crippen MR) is 90.2 cm³/mol. The fourth-order valence-electron chi connectivity index (χ4n) is 2.51. The van der Waals surface area contributed by atoms with Crippen molar-refractivity contribution < 1.29 is 27.2 Å². The highest BCUT2D eigenvalue weighted by Crippen LogP contribution is 2.30. The fourth-order valence-corrected chi connectivity index (χ4v) is 2.51. The maximum atomic E-state index is 14.0. The summed E-state index contributed by atoms with van der Waals surface area (Å²) in [5.74, 6) is -8.77. The van der Waals surface area contributed by atoms with Crippen molar-refractivity contribution in [1.29, 1.82) is 5.26 Å². The van der Waals surface area contributed by atoms with Gasteiger partial charge in [-0.2, -0.15) is 15.4 Å². The second kappa shape index (κ2) is 7.48. The summed E-state index contributed by atoms with van der Waals surface area (Å²) in [4.78, 5) is 24.4. The number of anilines is 2. The molecule has 3 rings (SSSR count). The molecule has 2 aromatic carbocycles. The third-order valence-electron chi connectivity index (χ3n) is 3.84. The Hall–Kier alpha value is -3.74. The lowest BCUT2D eigenvalue weighted by Crippen LogP contribution is -2.37. The first-order valence-electron chi connectivity index (χ1n) is 7.86. The summed E-state index contributed by atoms with van der Waals surface area (Å²) in [6.07, 6.45) is -0.512. The fraction of sp³-hybridized carbons (Fsp3) is 0.111. The van der Waals surface area contributed by atoms with Gasteiger partial charge in [0.05, 0.1) is 11.6 Å². The van der Waals surface area contributed by atoms with Gasteiger partial charge in [-0.25, -0.2) is 17.6 Å². The van der Waals surface area contributed by atoms with Crippen LogP contribution in [0.5, 0.6) is 0 Å². The molecule has 1 aliphatic rings. The maximum Gasteiger partial charge on any atom is 0.271 e. The van der Waals surface area contributed by atoms with E-state index in [9.17, 15) is 27.2 Å². The van der Waals surface area contributed by atoms with Gasteiger partial charge in [0.1, 0.15) is 11.4 Å². The van der Waals surface area contributed by atoms with Crippen molar-refractivity contribution in [2.75, 3.05) is 10.3 Å². The van der Waals surface area contributed by atoms with Crippen LogP contribution in [0.1, 0.15) is 18.4 Å². The molecule has 0 fully saturated rings. The van der Waals surface area contributed by atoms with Gasteiger partial charge in [-0.15, -0.1) is 0 Å². The third-order valence-corrected chi connectivity index (χ3v) is 3.84. The molecule has 0 aromatic heterocycles. The zero-order valence-electron chi connectivity index (χ0n) is 14.0. The number of hydrogen-bond donors (Lipinski definition) is 1. The van der Waals surface area contributed by atoms with Crippen molar-refractivity contribution in [3.8, 4) is 6.07 Å². The number of benzene rings is 2. The van der Waals surface area contributed by atoms with Crippen LogP contribution >= 0.6 is 0 Å². The molecule has 6 nitrogen and oxygen atoms in total. The van der Waals surface area contributed by atoms with E-state index in [-0.39, 0.29) is 40.9 Å². The number of nitrogens with zero attached hydrogens (tertiary/aromatic N) is 3. The molecule has 142 valence electrons. The van der Waals surface area contributed by atoms with Crippen molar-refractivity contribution in [1.82, 2.24) is 0 Å². The van der Waals surface area contributed by atoms with E-state index in [0.717, 1.165) is 0 Å². The Labute approximate surface area is 155 Å². The first kappa shape index (κ1) is 19.0. The first-order valence-corrected chi connectivity index (χ1v) is 7.86. The number of nitrogens with one attached hydrogen (secondary N) is 1. The maximum absolute atomic E-state index is 14.0. The lowest BCUT2D eigenvalue weighted by Gasteiger charge is -2.24. The van der Waals surface area contributed by atoms with Crippen LogP contribution in [0.4, 0.5) is 28.9 Å². The molecule has 0 unspecified atom stereocenters. The minimum atomic E-state index is -1.81. The molecule has 2 aromatic rings. The van der Waals surface area contributed by atoms with Gasteiger partial charge in [-0.3, -0.25) is 9.59 Å². The Balaban J connectivity index is 1.95. The average Bonchev–Trinajstić information content (AvgIpc) is 2.68. The van der Waals surface area contributed by atoms with E-state index in [1.54, 1.807) is 0 Å². The molecule has 0 atom stereocenters. The van der Waals surface area contributed by atoms with Gasteiger partial charge < -0.3 is 5.32 Å². The molecule has 1 heterocycles. The van der Waals surface area contributed by atoms with E-state index in [1.807, 2.05) is 6.07 Å². The van der Waals surface area contributed by atoms with Crippen LogP contribution in [-0.4, -0.2) is 17.5 Å². The minimum Gasteiger partial charge on any atom is -0.321 e. The van der Waals surface area contributed by atoms with Gasteiger partial charge in [0.25, 0.3) is 5.91 Å². The number of hydrogen-bond acceptors (Lipinski definition) is 4. The monoisotopic (exact) mass is 390 g/mol. The summed E-state index contributed by atoms with van der Waals surface area (Å²) in [6.45, 7) is 0. The Morgan fingerprint density at radius 3 is 2.43 bits per heavy atom. The Bertz CT molecular complexity index is 1040. The number of carbonyl (C=O) groups is 2. The van der Waals surface area contributed by atoms with E-state index < -0.39 is 40.8 Å². The van der Waals surface area contributed by atoms with Gasteiger partial charge in [-0.1, -0.05) is 6.07 Å². The quantitative estimate of drug-likeness (QED) is 0.645. The molecule has 0 radical (unpaired) electrons. The summed E-state index contributed by atoms with van der Waals surface area (Å²) >= 11 is 0. The van der Waals surface area contributed by atoms with E-state index in [1.165, 1.54) is 24.3 Å². The van der Waals surface area contributed by atoms with E-state index in [4.69, 9.17) is 5.26 Å². The van der Waals surface area contributed by atoms with E-state index in [0.29, 0.717) is 0 Å². The van der Waals surface area contributed by atoms with Crippen molar-refractivity contribution in [2.24, 2.45) is 5.10 Å². The van der Waals surface area contributed by atoms with Gasteiger partial charge in [0.2, 0.25) is 5.91 Å². The molecule has 0 aliphatic carbocycles. The lowest BCUT2D eigenvalue weighted by atomic mass is 10.1. The molecule has 0 spiro atoms. The van der Waals surface area contributed by atoms with Crippen molar-refractivity contribution in [3.05, 3.63) is 59.2 Å². The predicted octanol–water partition coefficient (Wildman–Crippen LogP) is 3.24. The summed E-state index contributed by atoms with van der Waals surface area (Å²) < 4.78 is 54.9.